The van der Waals surface area contributed by atoms with E-state index in [0.29, 0.717) is 18.7 Å². The van der Waals surface area contributed by atoms with Crippen molar-refractivity contribution in [3.8, 4) is 11.1 Å². The number of ether oxygens (including phenoxy) is 1. The number of nitrogens with one attached hydrogen (secondary N) is 1. The molecule has 1 N–H and O–H groups in total. The molecule has 32 heavy (non-hydrogen) atoms. The van der Waals surface area contributed by atoms with Crippen LogP contribution < -0.4 is 5.32 Å². The molecule has 4 rings (SSSR count). The van der Waals surface area contributed by atoms with E-state index in [9.17, 15) is 9.18 Å². The van der Waals surface area contributed by atoms with Gasteiger partial charge in [-0.15, -0.1) is 0 Å². The molecule has 0 radical (unpaired) electrons. The fraction of sp³-hybridized carbons (Fsp3) is 0.385. The summed E-state index contributed by atoms with van der Waals surface area (Å²) in [6.07, 6.45) is 4.92. The lowest BCUT2D eigenvalue weighted by Crippen LogP contribution is -2.44. The first kappa shape index (κ1) is 22.1. The first-order chi connectivity index (χ1) is 15.2. The molecule has 0 bridgehead atoms. The van der Waals surface area contributed by atoms with E-state index in [2.05, 4.69) is 16.4 Å². The maximum atomic E-state index is 14.8. The highest BCUT2D eigenvalue weighted by atomic mass is 19.1. The Bertz CT molecular complexity index is 1110. The molecule has 0 unspecified atom stereocenters. The lowest BCUT2D eigenvalue weighted by molar-refractivity contribution is 0.0210. The zero-order valence-corrected chi connectivity index (χ0v) is 19.1. The quantitative estimate of drug-likeness (QED) is 0.535. The summed E-state index contributed by atoms with van der Waals surface area (Å²) >= 11 is 0. The van der Waals surface area contributed by atoms with Crippen LogP contribution in [0.1, 0.15) is 39.2 Å². The number of carbonyl (C=O) groups is 1. The summed E-state index contributed by atoms with van der Waals surface area (Å²) in [5.74, 6) is -0.231. The van der Waals surface area contributed by atoms with Crippen LogP contribution in [0.2, 0.25) is 0 Å². The molecule has 1 amide bonds. The number of anilines is 1. The standard InChI is InChI=1S/C26H30FN3O2/c1-17-6-5-7-23(27)24(17)22-15-20(14-18-16-28-11-8-21(18)22)29-19-9-12-30(13-10-19)25(31)32-26(2,3)4/h5-8,11,14-16,19,29H,9-10,12-13H2,1-4H3. The lowest BCUT2D eigenvalue weighted by Gasteiger charge is -2.34. The minimum atomic E-state index is -0.493. The summed E-state index contributed by atoms with van der Waals surface area (Å²) in [6, 6.07) is 11.4. The summed E-state index contributed by atoms with van der Waals surface area (Å²) < 4.78 is 20.3. The number of hydrogen-bond donors (Lipinski definition) is 1. The molecular formula is C26H30FN3O2. The van der Waals surface area contributed by atoms with E-state index in [0.717, 1.165) is 40.4 Å². The van der Waals surface area contributed by atoms with Crippen LogP contribution in [0, 0.1) is 12.7 Å². The molecule has 168 valence electrons. The summed E-state index contributed by atoms with van der Waals surface area (Å²) in [4.78, 5) is 18.4. The Labute approximate surface area is 188 Å². The third kappa shape index (κ3) is 4.85. The van der Waals surface area contributed by atoms with Gasteiger partial charge in [-0.3, -0.25) is 4.98 Å². The van der Waals surface area contributed by atoms with Crippen LogP contribution in [0.5, 0.6) is 0 Å². The highest BCUT2D eigenvalue weighted by Crippen LogP contribution is 2.35. The van der Waals surface area contributed by atoms with Gasteiger partial charge >= 0.3 is 6.09 Å². The fourth-order valence-corrected chi connectivity index (χ4v) is 4.24. The highest BCUT2D eigenvalue weighted by Gasteiger charge is 2.27. The van der Waals surface area contributed by atoms with Crippen molar-refractivity contribution in [3.63, 3.8) is 0 Å². The second kappa shape index (κ2) is 8.77. The first-order valence-corrected chi connectivity index (χ1v) is 11.1. The van der Waals surface area contributed by atoms with Crippen LogP contribution in [0.3, 0.4) is 0 Å². The number of rotatable bonds is 3. The molecule has 5 nitrogen and oxygen atoms in total. The number of likely N-dealkylation sites (tertiary alicyclic amines) is 1. The summed E-state index contributed by atoms with van der Waals surface area (Å²) in [5.41, 5.74) is 2.80. The minimum Gasteiger partial charge on any atom is -0.444 e. The third-order valence-electron chi connectivity index (χ3n) is 5.76. The normalized spacial score (nSPS) is 15.1. The molecule has 1 saturated heterocycles. The largest absolute Gasteiger partial charge is 0.444 e. The molecule has 1 aliphatic rings. The average Bonchev–Trinajstić information content (AvgIpc) is 2.73. The molecule has 0 aliphatic carbocycles. The smallest absolute Gasteiger partial charge is 0.410 e. The van der Waals surface area contributed by atoms with Crippen molar-refractivity contribution in [2.45, 2.75) is 52.2 Å². The van der Waals surface area contributed by atoms with Gasteiger partial charge in [0, 0.05) is 48.2 Å². The molecule has 3 aromatic rings. The zero-order valence-electron chi connectivity index (χ0n) is 19.1. The molecule has 0 atom stereocenters. The van der Waals surface area contributed by atoms with Crippen molar-refractivity contribution < 1.29 is 13.9 Å². The van der Waals surface area contributed by atoms with E-state index in [1.165, 1.54) is 6.07 Å². The lowest BCUT2D eigenvalue weighted by atomic mass is 9.94. The van der Waals surface area contributed by atoms with Gasteiger partial charge in [0.05, 0.1) is 0 Å². The second-order valence-electron chi connectivity index (χ2n) is 9.44. The maximum absolute atomic E-state index is 14.8. The number of hydrogen-bond acceptors (Lipinski definition) is 4. The summed E-state index contributed by atoms with van der Waals surface area (Å²) in [7, 11) is 0. The van der Waals surface area contributed by atoms with Gasteiger partial charge in [-0.2, -0.15) is 0 Å². The van der Waals surface area contributed by atoms with E-state index in [1.807, 2.05) is 52.1 Å². The first-order valence-electron chi connectivity index (χ1n) is 11.1. The molecule has 0 spiro atoms. The second-order valence-corrected chi connectivity index (χ2v) is 9.44. The van der Waals surface area contributed by atoms with Crippen LogP contribution in [0.15, 0.2) is 48.8 Å². The van der Waals surface area contributed by atoms with Gasteiger partial charge in [-0.1, -0.05) is 12.1 Å². The molecule has 2 aromatic carbocycles. The van der Waals surface area contributed by atoms with Gasteiger partial charge < -0.3 is 15.0 Å². The van der Waals surface area contributed by atoms with Crippen LogP contribution >= 0.6 is 0 Å². The van der Waals surface area contributed by atoms with Crippen LogP contribution in [0.4, 0.5) is 14.9 Å². The van der Waals surface area contributed by atoms with Gasteiger partial charge in [0.25, 0.3) is 0 Å². The Kier molecular flexibility index (Phi) is 6.04. The molecule has 1 fully saturated rings. The Balaban J connectivity index is 1.56. The van der Waals surface area contributed by atoms with Crippen molar-refractivity contribution in [3.05, 3.63) is 60.2 Å². The van der Waals surface area contributed by atoms with Crippen LogP contribution in [-0.4, -0.2) is 40.7 Å². The topological polar surface area (TPSA) is 54.5 Å². The van der Waals surface area contributed by atoms with Crippen LogP contribution in [-0.2, 0) is 4.74 Å². The summed E-state index contributed by atoms with van der Waals surface area (Å²) in [5, 5.41) is 5.53. The van der Waals surface area contributed by atoms with Gasteiger partial charge in [0.2, 0.25) is 0 Å². The van der Waals surface area contributed by atoms with E-state index in [4.69, 9.17) is 4.74 Å². The van der Waals surface area contributed by atoms with Gasteiger partial charge in [0.15, 0.2) is 0 Å². The highest BCUT2D eigenvalue weighted by molar-refractivity contribution is 5.99. The predicted molar refractivity (Wildman–Crippen MR) is 126 cm³/mol. The molecule has 0 saturated carbocycles. The Hall–Kier alpha value is -3.15. The number of halogens is 1. The number of piperidine rings is 1. The predicted octanol–water partition coefficient (Wildman–Crippen LogP) is 6.16. The number of aromatic nitrogens is 1. The van der Waals surface area contributed by atoms with Crippen molar-refractivity contribution in [1.82, 2.24) is 9.88 Å². The monoisotopic (exact) mass is 435 g/mol. The zero-order chi connectivity index (χ0) is 22.9. The van der Waals surface area contributed by atoms with Gasteiger partial charge in [0.1, 0.15) is 11.4 Å². The van der Waals surface area contributed by atoms with Crippen molar-refractivity contribution in [2.75, 3.05) is 18.4 Å². The number of fused-ring (bicyclic) bond motifs is 1. The minimum absolute atomic E-state index is 0.220. The summed E-state index contributed by atoms with van der Waals surface area (Å²) in [6.45, 7) is 8.84. The maximum Gasteiger partial charge on any atom is 0.410 e. The van der Waals surface area contributed by atoms with Gasteiger partial charge in [-0.25, -0.2) is 9.18 Å². The number of carbonyl (C=O) groups excluding carboxylic acids is 1. The van der Waals surface area contributed by atoms with E-state index in [1.54, 1.807) is 17.2 Å². The number of benzene rings is 2. The van der Waals surface area contributed by atoms with E-state index < -0.39 is 5.60 Å². The van der Waals surface area contributed by atoms with E-state index in [-0.39, 0.29) is 18.0 Å². The number of aryl methyl sites for hydroxylation is 1. The van der Waals surface area contributed by atoms with Crippen LogP contribution in [0.25, 0.3) is 21.9 Å². The van der Waals surface area contributed by atoms with Crippen molar-refractivity contribution in [1.29, 1.82) is 0 Å². The number of pyridine rings is 1. The molecule has 1 aliphatic heterocycles. The van der Waals surface area contributed by atoms with Crippen molar-refractivity contribution >= 4 is 22.6 Å². The third-order valence-corrected chi connectivity index (χ3v) is 5.76. The number of amides is 1. The molecule has 6 heteroatoms. The average molecular weight is 436 g/mol. The molecule has 1 aromatic heterocycles. The van der Waals surface area contributed by atoms with Crippen molar-refractivity contribution in [2.24, 2.45) is 0 Å². The van der Waals surface area contributed by atoms with E-state index >= 15 is 0 Å². The SMILES string of the molecule is Cc1cccc(F)c1-c1cc(NC2CCN(C(=O)OC(C)(C)C)CC2)cc2cnccc12. The Morgan fingerprint density at radius 3 is 2.62 bits per heavy atom. The Morgan fingerprint density at radius 1 is 1.19 bits per heavy atom. The molecular weight excluding hydrogens is 405 g/mol. The Morgan fingerprint density at radius 2 is 1.94 bits per heavy atom. The van der Waals surface area contributed by atoms with Gasteiger partial charge in [-0.05, 0) is 81.3 Å². The molecule has 2 heterocycles. The fourth-order valence-electron chi connectivity index (χ4n) is 4.24. The number of nitrogens with zero attached hydrogens (tertiary/aromatic N) is 2.